The number of ether oxygens (including phenoxy) is 1. The van der Waals surface area contributed by atoms with Gasteiger partial charge in [-0.15, -0.1) is 5.10 Å². The second-order valence-electron chi connectivity index (χ2n) is 11.6. The number of nitrogens with two attached hydrogens (primary N) is 1. The lowest BCUT2D eigenvalue weighted by Gasteiger charge is -2.44. The van der Waals surface area contributed by atoms with Crippen molar-refractivity contribution in [3.05, 3.63) is 64.2 Å². The zero-order chi connectivity index (χ0) is 38.7. The van der Waals surface area contributed by atoms with E-state index in [-0.39, 0.29) is 49.2 Å². The Labute approximate surface area is 286 Å². The summed E-state index contributed by atoms with van der Waals surface area (Å²) in [6, 6.07) is 1.76. The summed E-state index contributed by atoms with van der Waals surface area (Å²) < 4.78 is 155. The van der Waals surface area contributed by atoms with E-state index < -0.39 is 81.7 Å². The molecule has 22 heteroatoms. The van der Waals surface area contributed by atoms with Crippen LogP contribution >= 0.6 is 0 Å². The van der Waals surface area contributed by atoms with Crippen LogP contribution in [0.25, 0.3) is 0 Å². The van der Waals surface area contributed by atoms with Gasteiger partial charge in [-0.05, 0) is 79.4 Å². The van der Waals surface area contributed by atoms with Crippen LogP contribution in [0.1, 0.15) is 67.5 Å². The quantitative estimate of drug-likeness (QED) is 0.193. The van der Waals surface area contributed by atoms with E-state index in [4.69, 9.17) is 15.0 Å². The molecule has 3 aromatic rings. The number of carbonyl (C=O) groups is 1. The Kier molecular flexibility index (Phi) is 12.6. The molecule has 1 aliphatic rings. The molecule has 0 spiro atoms. The van der Waals surface area contributed by atoms with Crippen molar-refractivity contribution < 1.29 is 62.0 Å². The number of aromatic nitrogens is 4. The van der Waals surface area contributed by atoms with Crippen molar-refractivity contribution >= 4 is 27.8 Å². The van der Waals surface area contributed by atoms with Gasteiger partial charge in [0.15, 0.2) is 0 Å². The molecule has 0 bridgehead atoms. The topological polar surface area (TPSA) is 157 Å². The molecule has 4 rings (SSSR count). The lowest BCUT2D eigenvalue weighted by Crippen LogP contribution is -2.48. The summed E-state index contributed by atoms with van der Waals surface area (Å²) in [4.78, 5) is 16.6. The fraction of sp³-hybridized carbons (Fsp3) is 0.517. The van der Waals surface area contributed by atoms with Gasteiger partial charge in [0.1, 0.15) is 0 Å². The van der Waals surface area contributed by atoms with Crippen molar-refractivity contribution in [2.45, 2.75) is 83.4 Å². The van der Waals surface area contributed by atoms with Gasteiger partial charge in [-0.2, -0.15) is 52.7 Å². The Balaban J connectivity index is 0.00000131. The Morgan fingerprint density at radius 3 is 2.02 bits per heavy atom. The molecule has 51 heavy (non-hydrogen) atoms. The first-order chi connectivity index (χ1) is 23.3. The highest BCUT2D eigenvalue weighted by Gasteiger charge is 2.43. The summed E-state index contributed by atoms with van der Waals surface area (Å²) in [5, 5.41) is 11.9. The van der Waals surface area contributed by atoms with Crippen LogP contribution in [0.2, 0.25) is 0 Å². The van der Waals surface area contributed by atoms with Gasteiger partial charge in [0.25, 0.3) is 16.1 Å². The summed E-state index contributed by atoms with van der Waals surface area (Å²) in [5.41, 5.74) is 0.750. The number of fused-ring (bicyclic) bond motifs is 1. The van der Waals surface area contributed by atoms with E-state index in [2.05, 4.69) is 15.4 Å². The number of anilines is 2. The third kappa shape index (κ3) is 11.2. The standard InChI is InChI=1S/C28H30F9N7O2.CH4O3S/c1-4-20-13-23(21-12-17(26(29,30)31)5-6-22(21)44(20)25(45)46-15(2)3)42(24-39-41-43(40-24)8-7-38)14-16-9-18(27(32,33)34)11-19(10-16)28(35,36)37;1-5(2,3)4/h5-6,9-12,15,20,23H,4,7-8,13-14,38H2,1-3H3;1H3,(H,2,3,4)/t20-,23+;/m1./s1. The minimum atomic E-state index is -5.15. The number of hydrogen-bond acceptors (Lipinski definition) is 9. The average molecular weight is 764 g/mol. The summed E-state index contributed by atoms with van der Waals surface area (Å²) in [6.45, 7) is 4.26. The van der Waals surface area contributed by atoms with Crippen LogP contribution in [-0.2, 0) is 46.5 Å². The average Bonchev–Trinajstić information content (AvgIpc) is 3.44. The predicted molar refractivity (Wildman–Crippen MR) is 164 cm³/mol. The number of hydrogen-bond donors (Lipinski definition) is 2. The van der Waals surface area contributed by atoms with Crippen molar-refractivity contribution in [1.82, 2.24) is 20.2 Å². The molecule has 0 unspecified atom stereocenters. The zero-order valence-corrected chi connectivity index (χ0v) is 28.2. The first-order valence-electron chi connectivity index (χ1n) is 15.0. The van der Waals surface area contributed by atoms with Crippen LogP contribution in [-0.4, -0.2) is 64.2 Å². The van der Waals surface area contributed by atoms with Gasteiger partial charge in [-0.25, -0.2) is 4.79 Å². The highest BCUT2D eigenvalue weighted by atomic mass is 32.2. The lowest BCUT2D eigenvalue weighted by atomic mass is 9.87. The Bertz CT molecular complexity index is 1740. The monoisotopic (exact) mass is 763 g/mol. The van der Waals surface area contributed by atoms with Gasteiger partial charge in [0.2, 0.25) is 0 Å². The van der Waals surface area contributed by atoms with E-state index in [0.29, 0.717) is 18.4 Å². The summed E-state index contributed by atoms with van der Waals surface area (Å²) in [6.07, 6.45) is -15.7. The fourth-order valence-electron chi connectivity index (χ4n) is 5.24. The number of alkyl halides is 9. The highest BCUT2D eigenvalue weighted by molar-refractivity contribution is 7.85. The second-order valence-corrected chi connectivity index (χ2v) is 13.1. The molecular weight excluding hydrogens is 729 g/mol. The third-order valence-corrected chi connectivity index (χ3v) is 7.24. The maximum atomic E-state index is 13.9. The van der Waals surface area contributed by atoms with Crippen molar-refractivity contribution in [1.29, 1.82) is 0 Å². The van der Waals surface area contributed by atoms with E-state index in [0.717, 1.165) is 23.0 Å². The minimum absolute atomic E-state index is 0.0149. The molecule has 1 aliphatic heterocycles. The number of benzene rings is 2. The van der Waals surface area contributed by atoms with Crippen LogP contribution in [0.15, 0.2) is 36.4 Å². The summed E-state index contributed by atoms with van der Waals surface area (Å²) in [7, 11) is -3.67. The molecule has 2 atom stereocenters. The predicted octanol–water partition coefficient (Wildman–Crippen LogP) is 6.47. The van der Waals surface area contributed by atoms with E-state index in [1.807, 2.05) is 0 Å². The molecule has 284 valence electrons. The SMILES string of the molecule is CC[C@@H]1C[C@H](N(Cc2cc(C(F)(F)F)cc(C(F)(F)F)c2)c2nnn(CCN)n2)c2cc(C(F)(F)F)ccc2N1C(=O)OC(C)C.CS(=O)(=O)O. The molecule has 0 aliphatic carbocycles. The van der Waals surface area contributed by atoms with Crippen LogP contribution in [0.3, 0.4) is 0 Å². The Morgan fingerprint density at radius 1 is 1.00 bits per heavy atom. The molecule has 1 amide bonds. The van der Waals surface area contributed by atoms with Gasteiger partial charge in [-0.1, -0.05) is 12.0 Å². The van der Waals surface area contributed by atoms with E-state index in [1.165, 1.54) is 9.80 Å². The van der Waals surface area contributed by atoms with Crippen molar-refractivity contribution in [2.24, 2.45) is 5.73 Å². The molecule has 2 aromatic carbocycles. The third-order valence-electron chi connectivity index (χ3n) is 7.24. The van der Waals surface area contributed by atoms with Gasteiger partial charge in [0, 0.05) is 19.1 Å². The van der Waals surface area contributed by atoms with E-state index >= 15 is 0 Å². The Morgan fingerprint density at radius 2 is 1.55 bits per heavy atom. The Hall–Kier alpha value is -4.18. The molecule has 0 saturated heterocycles. The number of tetrazole rings is 1. The number of carbonyl (C=O) groups excluding carboxylic acids is 1. The molecule has 0 fully saturated rings. The summed E-state index contributed by atoms with van der Waals surface area (Å²) >= 11 is 0. The number of rotatable bonds is 8. The molecular formula is C29H34F9N7O5S. The highest BCUT2D eigenvalue weighted by Crippen LogP contribution is 2.46. The molecule has 2 heterocycles. The van der Waals surface area contributed by atoms with Crippen LogP contribution in [0, 0.1) is 0 Å². The van der Waals surface area contributed by atoms with Crippen molar-refractivity contribution in [3.63, 3.8) is 0 Å². The van der Waals surface area contributed by atoms with Crippen LogP contribution < -0.4 is 15.5 Å². The molecule has 0 saturated carbocycles. The molecule has 3 N–H and O–H groups in total. The molecule has 0 radical (unpaired) electrons. The van der Waals surface area contributed by atoms with E-state index in [9.17, 15) is 52.7 Å². The largest absolute Gasteiger partial charge is 0.446 e. The molecule has 12 nitrogen and oxygen atoms in total. The van der Waals surface area contributed by atoms with Gasteiger partial charge in [-0.3, -0.25) is 9.45 Å². The lowest BCUT2D eigenvalue weighted by molar-refractivity contribution is -0.143. The number of nitrogens with zero attached hydrogens (tertiary/aromatic N) is 6. The maximum Gasteiger partial charge on any atom is 0.416 e. The minimum Gasteiger partial charge on any atom is -0.446 e. The van der Waals surface area contributed by atoms with Crippen molar-refractivity contribution in [2.75, 3.05) is 22.6 Å². The zero-order valence-electron chi connectivity index (χ0n) is 27.4. The van der Waals surface area contributed by atoms with Crippen molar-refractivity contribution in [3.8, 4) is 0 Å². The van der Waals surface area contributed by atoms with Gasteiger partial charge in [0.05, 0.1) is 47.3 Å². The molecule has 1 aromatic heterocycles. The number of amides is 1. The first kappa shape index (κ1) is 41.2. The fourth-order valence-corrected chi connectivity index (χ4v) is 5.24. The maximum absolute atomic E-state index is 13.9. The van der Waals surface area contributed by atoms with Crippen LogP contribution in [0.5, 0.6) is 0 Å². The normalized spacial score (nSPS) is 16.7. The van der Waals surface area contributed by atoms with Gasteiger partial charge < -0.3 is 15.4 Å². The van der Waals surface area contributed by atoms with Crippen LogP contribution in [0.4, 0.5) is 55.9 Å². The first-order valence-corrected chi connectivity index (χ1v) is 16.8. The van der Waals surface area contributed by atoms with E-state index in [1.54, 1.807) is 20.8 Å². The smallest absolute Gasteiger partial charge is 0.416 e. The van der Waals surface area contributed by atoms with Gasteiger partial charge >= 0.3 is 24.6 Å². The summed E-state index contributed by atoms with van der Waals surface area (Å²) in [5.74, 6) is -0.291. The second kappa shape index (κ2) is 15.6. The number of halogens is 9.